The summed E-state index contributed by atoms with van der Waals surface area (Å²) in [5.74, 6) is 0.0223. The van der Waals surface area contributed by atoms with Gasteiger partial charge in [-0.05, 0) is 48.7 Å². The lowest BCUT2D eigenvalue weighted by molar-refractivity contribution is -0.112. The second-order valence-corrected chi connectivity index (χ2v) is 9.32. The van der Waals surface area contributed by atoms with Gasteiger partial charge in [0.05, 0.1) is 17.2 Å². The van der Waals surface area contributed by atoms with E-state index in [1.807, 2.05) is 48.0 Å². The molecule has 3 heterocycles. The maximum atomic E-state index is 12.9. The molecule has 1 unspecified atom stereocenters. The average molecular weight is 497 g/mol. The number of carbonyl (C=O) groups excluding carboxylic acids is 2. The van der Waals surface area contributed by atoms with E-state index < -0.39 is 6.10 Å². The highest BCUT2D eigenvalue weighted by atomic mass is 16.3. The number of aliphatic hydroxyl groups is 1. The molecule has 1 aliphatic rings. The number of aliphatic hydroxyl groups excluding tert-OH is 1. The number of nitrogens with zero attached hydrogens (tertiary/aromatic N) is 4. The molecule has 1 fully saturated rings. The maximum Gasteiger partial charge on any atom is 0.253 e. The molecule has 4 aromatic rings. The number of aromatic nitrogens is 3. The number of rotatable bonds is 5. The van der Waals surface area contributed by atoms with Gasteiger partial charge in [-0.3, -0.25) is 9.59 Å². The summed E-state index contributed by atoms with van der Waals surface area (Å²) in [7, 11) is 1.92. The molecule has 2 aromatic carbocycles. The van der Waals surface area contributed by atoms with Crippen molar-refractivity contribution in [2.75, 3.05) is 24.1 Å². The normalized spacial score (nSPS) is 15.2. The third-order valence-electron chi connectivity index (χ3n) is 6.67. The number of β-amino-alcohol motifs (C(OH)–C–C–N with tert-alkyl or cyclic N) is 1. The Balaban J connectivity index is 1.57. The molecule has 0 bridgehead atoms. The van der Waals surface area contributed by atoms with Gasteiger partial charge in [0.15, 0.2) is 0 Å². The molecule has 0 aliphatic carbocycles. The lowest BCUT2D eigenvalue weighted by Gasteiger charge is -2.16. The zero-order chi connectivity index (χ0) is 26.3. The van der Waals surface area contributed by atoms with E-state index >= 15 is 0 Å². The predicted octanol–water partition coefficient (Wildman–Crippen LogP) is 3.61. The Morgan fingerprint density at radius 2 is 1.76 bits per heavy atom. The van der Waals surface area contributed by atoms with Crippen molar-refractivity contribution in [3.05, 3.63) is 72.6 Å². The average Bonchev–Trinajstić information content (AvgIpc) is 3.46. The van der Waals surface area contributed by atoms with Gasteiger partial charge in [0.1, 0.15) is 17.8 Å². The number of hydrogen-bond acceptors (Lipinski definition) is 6. The minimum atomic E-state index is -0.468. The number of hydrogen-bond donors (Lipinski definition) is 3. The summed E-state index contributed by atoms with van der Waals surface area (Å²) < 4.78 is 1.97. The summed E-state index contributed by atoms with van der Waals surface area (Å²) in [6, 6.07) is 14.9. The number of amides is 2. The van der Waals surface area contributed by atoms with Crippen LogP contribution in [0, 0.1) is 0 Å². The Kier molecular flexibility index (Phi) is 6.22. The van der Waals surface area contributed by atoms with Crippen LogP contribution in [-0.2, 0) is 11.8 Å². The van der Waals surface area contributed by atoms with Crippen LogP contribution >= 0.6 is 0 Å². The number of nitrogens with two attached hydrogens (primary N) is 1. The van der Waals surface area contributed by atoms with Crippen LogP contribution in [-0.4, -0.2) is 55.5 Å². The fourth-order valence-electron chi connectivity index (χ4n) is 4.73. The van der Waals surface area contributed by atoms with Crippen molar-refractivity contribution in [1.29, 1.82) is 0 Å². The van der Waals surface area contributed by atoms with Crippen LogP contribution < -0.4 is 11.1 Å². The van der Waals surface area contributed by atoms with E-state index in [4.69, 9.17) is 5.73 Å². The molecule has 5 rings (SSSR count). The van der Waals surface area contributed by atoms with Crippen molar-refractivity contribution in [3.63, 3.8) is 0 Å². The molecule has 1 atom stereocenters. The Bertz CT molecular complexity index is 1520. The molecule has 2 aromatic heterocycles. The number of nitrogen functional groups attached to an aromatic ring is 1. The molecular formula is C28H28N6O3. The largest absolute Gasteiger partial charge is 0.391 e. The first-order valence-corrected chi connectivity index (χ1v) is 12.0. The molecule has 9 heteroatoms. The molecule has 1 aliphatic heterocycles. The topological polar surface area (TPSA) is 126 Å². The Hall–Kier alpha value is -4.50. The van der Waals surface area contributed by atoms with Crippen LogP contribution in [0.4, 0.5) is 11.5 Å². The lowest BCUT2D eigenvalue weighted by atomic mass is 9.97. The third kappa shape index (κ3) is 4.45. The quantitative estimate of drug-likeness (QED) is 0.363. The number of likely N-dealkylation sites (tertiary alicyclic amines) is 1. The minimum absolute atomic E-state index is 0.100. The Labute approximate surface area is 214 Å². The predicted molar refractivity (Wildman–Crippen MR) is 144 cm³/mol. The second-order valence-electron chi connectivity index (χ2n) is 9.32. The highest BCUT2D eigenvalue weighted by molar-refractivity contribution is 6.08. The standard InChI is InChI=1S/C28H28N6O3/c1-16(2)27(36)32-20-10-8-18(9-11-20)24-22(23-25(29)30-15-31-26(23)33(24)3)17-4-6-19(7-5-17)28(37)34-13-12-21(35)14-34/h4-11,15,21,35H,1,12-14H2,2-3H3,(H,32,36)(H2,29,30,31). The highest BCUT2D eigenvalue weighted by Gasteiger charge is 2.26. The zero-order valence-corrected chi connectivity index (χ0v) is 20.7. The van der Waals surface area contributed by atoms with Crippen LogP contribution in [0.3, 0.4) is 0 Å². The van der Waals surface area contributed by atoms with Gasteiger partial charge in [-0.15, -0.1) is 0 Å². The molecule has 0 spiro atoms. The summed E-state index contributed by atoms with van der Waals surface area (Å²) >= 11 is 0. The molecule has 37 heavy (non-hydrogen) atoms. The Morgan fingerprint density at radius 3 is 2.38 bits per heavy atom. The van der Waals surface area contributed by atoms with Crippen molar-refractivity contribution in [2.45, 2.75) is 19.4 Å². The summed E-state index contributed by atoms with van der Waals surface area (Å²) in [5, 5.41) is 13.3. The minimum Gasteiger partial charge on any atom is -0.391 e. The molecular weight excluding hydrogens is 468 g/mol. The first-order chi connectivity index (χ1) is 17.7. The second kappa shape index (κ2) is 9.51. The number of aryl methyl sites for hydroxylation is 1. The van der Waals surface area contributed by atoms with Gasteiger partial charge in [-0.1, -0.05) is 30.8 Å². The van der Waals surface area contributed by atoms with Crippen LogP contribution in [0.15, 0.2) is 67.0 Å². The van der Waals surface area contributed by atoms with Crippen molar-refractivity contribution in [1.82, 2.24) is 19.4 Å². The van der Waals surface area contributed by atoms with Gasteiger partial charge >= 0.3 is 0 Å². The van der Waals surface area contributed by atoms with E-state index in [9.17, 15) is 14.7 Å². The van der Waals surface area contributed by atoms with Crippen molar-refractivity contribution < 1.29 is 14.7 Å². The van der Waals surface area contributed by atoms with Crippen molar-refractivity contribution >= 4 is 34.4 Å². The van der Waals surface area contributed by atoms with Gasteiger partial charge in [-0.2, -0.15) is 0 Å². The van der Waals surface area contributed by atoms with Crippen LogP contribution in [0.1, 0.15) is 23.7 Å². The molecule has 0 saturated carbocycles. The fraction of sp³-hybridized carbons (Fsp3) is 0.214. The molecule has 188 valence electrons. The number of carbonyl (C=O) groups is 2. The summed E-state index contributed by atoms with van der Waals surface area (Å²) in [5.41, 5.74) is 12.1. The number of anilines is 2. The van der Waals surface area contributed by atoms with Crippen molar-refractivity contribution in [3.8, 4) is 22.4 Å². The lowest BCUT2D eigenvalue weighted by Crippen LogP contribution is -2.29. The summed E-state index contributed by atoms with van der Waals surface area (Å²) in [4.78, 5) is 35.3. The first-order valence-electron chi connectivity index (χ1n) is 12.0. The van der Waals surface area contributed by atoms with Gasteiger partial charge in [0.25, 0.3) is 11.8 Å². The van der Waals surface area contributed by atoms with Crippen LogP contribution in [0.5, 0.6) is 0 Å². The molecule has 9 nitrogen and oxygen atoms in total. The summed E-state index contributed by atoms with van der Waals surface area (Å²) in [6.45, 7) is 6.23. The molecule has 4 N–H and O–H groups in total. The third-order valence-corrected chi connectivity index (χ3v) is 6.67. The van der Waals surface area contributed by atoms with E-state index in [1.165, 1.54) is 6.33 Å². The van der Waals surface area contributed by atoms with E-state index in [1.54, 1.807) is 24.0 Å². The first kappa shape index (κ1) is 24.2. The van der Waals surface area contributed by atoms with Crippen LogP contribution in [0.25, 0.3) is 33.4 Å². The van der Waals surface area contributed by atoms with Gasteiger partial charge in [0.2, 0.25) is 0 Å². The van der Waals surface area contributed by atoms with E-state index in [0.29, 0.717) is 47.8 Å². The fourth-order valence-corrected chi connectivity index (χ4v) is 4.73. The number of fused-ring (bicyclic) bond motifs is 1. The van der Waals surface area contributed by atoms with Crippen molar-refractivity contribution in [2.24, 2.45) is 7.05 Å². The smallest absolute Gasteiger partial charge is 0.253 e. The monoisotopic (exact) mass is 496 g/mol. The maximum absolute atomic E-state index is 12.9. The SMILES string of the molecule is C=C(C)C(=O)Nc1ccc(-c2c(-c3ccc(C(=O)N4CCC(O)C4)cc3)c3c(N)ncnc3n2C)cc1. The molecule has 2 amide bonds. The van der Waals surface area contributed by atoms with Gasteiger partial charge in [0, 0.05) is 42.5 Å². The van der Waals surface area contributed by atoms with E-state index in [0.717, 1.165) is 27.8 Å². The zero-order valence-electron chi connectivity index (χ0n) is 20.7. The van der Waals surface area contributed by atoms with Crippen LogP contribution in [0.2, 0.25) is 0 Å². The van der Waals surface area contributed by atoms with Gasteiger partial charge < -0.3 is 25.6 Å². The van der Waals surface area contributed by atoms with Gasteiger partial charge in [-0.25, -0.2) is 9.97 Å². The summed E-state index contributed by atoms with van der Waals surface area (Å²) in [6.07, 6.45) is 1.57. The van der Waals surface area contributed by atoms with E-state index in [-0.39, 0.29) is 11.8 Å². The van der Waals surface area contributed by atoms with E-state index in [2.05, 4.69) is 21.9 Å². The molecule has 0 radical (unpaired) electrons. The Morgan fingerprint density at radius 1 is 1.08 bits per heavy atom. The molecule has 1 saturated heterocycles. The number of nitrogens with one attached hydrogen (secondary N) is 1. The number of benzene rings is 2. The highest BCUT2D eigenvalue weighted by Crippen LogP contribution is 2.41.